The predicted octanol–water partition coefficient (Wildman–Crippen LogP) is 3.89. The lowest BCUT2D eigenvalue weighted by Crippen LogP contribution is -2.09. The van der Waals surface area contributed by atoms with Crippen LogP contribution in [0.15, 0.2) is 24.3 Å². The molecule has 1 unspecified atom stereocenters. The number of ketones is 1. The van der Waals surface area contributed by atoms with Crippen LogP contribution in [0.4, 0.5) is 0 Å². The standard InChI is InChI=1S/C17H21NO/c1-4-11-5-6-12-8-13(18-15(12)7-11)9-16(19)14-10-17(14,2)3/h5-8,14,18H,4,9-10H2,1-3H3. The number of aromatic amines is 1. The second-order valence-corrected chi connectivity index (χ2v) is 6.46. The second-order valence-electron chi connectivity index (χ2n) is 6.46. The van der Waals surface area contributed by atoms with Gasteiger partial charge in [-0.05, 0) is 41.3 Å². The normalized spacial score (nSPS) is 20.7. The number of carbonyl (C=O) groups is 1. The van der Waals surface area contributed by atoms with Gasteiger partial charge in [-0.3, -0.25) is 4.79 Å². The highest BCUT2D eigenvalue weighted by molar-refractivity contribution is 5.88. The summed E-state index contributed by atoms with van der Waals surface area (Å²) >= 11 is 0. The highest BCUT2D eigenvalue weighted by Crippen LogP contribution is 2.52. The fourth-order valence-electron chi connectivity index (χ4n) is 2.88. The number of hydrogen-bond donors (Lipinski definition) is 1. The Kier molecular flexibility index (Phi) is 2.77. The zero-order valence-corrected chi connectivity index (χ0v) is 11.9. The average molecular weight is 255 g/mol. The van der Waals surface area contributed by atoms with Crippen LogP contribution in [0.2, 0.25) is 0 Å². The number of carbonyl (C=O) groups excluding carboxylic acids is 1. The van der Waals surface area contributed by atoms with Crippen LogP contribution in [0.3, 0.4) is 0 Å². The van der Waals surface area contributed by atoms with E-state index in [1.807, 2.05) is 0 Å². The Labute approximate surface area is 114 Å². The number of aryl methyl sites for hydroxylation is 1. The van der Waals surface area contributed by atoms with Crippen LogP contribution in [0.25, 0.3) is 10.9 Å². The lowest BCUT2D eigenvalue weighted by Gasteiger charge is -2.01. The molecule has 1 aromatic heterocycles. The molecule has 2 aromatic rings. The Morgan fingerprint density at radius 3 is 2.74 bits per heavy atom. The zero-order valence-electron chi connectivity index (χ0n) is 11.9. The van der Waals surface area contributed by atoms with Crippen molar-refractivity contribution < 1.29 is 4.79 Å². The van der Waals surface area contributed by atoms with Gasteiger partial charge in [0.05, 0.1) is 0 Å². The second kappa shape index (κ2) is 4.22. The van der Waals surface area contributed by atoms with Gasteiger partial charge in [-0.1, -0.05) is 32.9 Å². The molecule has 2 heteroatoms. The van der Waals surface area contributed by atoms with Crippen molar-refractivity contribution in [3.63, 3.8) is 0 Å². The van der Waals surface area contributed by atoms with E-state index in [-0.39, 0.29) is 11.3 Å². The molecule has 1 fully saturated rings. The molecule has 0 radical (unpaired) electrons. The number of Topliss-reactive ketones (excluding diaryl/α,β-unsaturated/α-hetero) is 1. The molecule has 2 nitrogen and oxygen atoms in total. The molecule has 0 spiro atoms. The van der Waals surface area contributed by atoms with Gasteiger partial charge in [0.1, 0.15) is 5.78 Å². The molecule has 1 aliphatic carbocycles. The van der Waals surface area contributed by atoms with E-state index >= 15 is 0 Å². The molecule has 3 rings (SSSR count). The SMILES string of the molecule is CCc1ccc2cc(CC(=O)C3CC3(C)C)[nH]c2c1. The van der Waals surface area contributed by atoms with Gasteiger partial charge in [0.2, 0.25) is 0 Å². The van der Waals surface area contributed by atoms with E-state index in [1.165, 1.54) is 10.9 Å². The minimum Gasteiger partial charge on any atom is -0.358 e. The first-order valence-electron chi connectivity index (χ1n) is 7.13. The van der Waals surface area contributed by atoms with Crippen LogP contribution in [-0.4, -0.2) is 10.8 Å². The summed E-state index contributed by atoms with van der Waals surface area (Å²) in [4.78, 5) is 15.6. The molecule has 19 heavy (non-hydrogen) atoms. The maximum absolute atomic E-state index is 12.2. The number of hydrogen-bond acceptors (Lipinski definition) is 1. The van der Waals surface area contributed by atoms with Crippen molar-refractivity contribution >= 4 is 16.7 Å². The Hall–Kier alpha value is -1.57. The summed E-state index contributed by atoms with van der Waals surface area (Å²) in [6, 6.07) is 8.60. The molecule has 1 heterocycles. The minimum absolute atomic E-state index is 0.235. The van der Waals surface area contributed by atoms with E-state index < -0.39 is 0 Å². The molecule has 0 aliphatic heterocycles. The van der Waals surface area contributed by atoms with Gasteiger partial charge in [0, 0.05) is 23.5 Å². The Balaban J connectivity index is 1.80. The van der Waals surface area contributed by atoms with Crippen molar-refractivity contribution in [1.29, 1.82) is 0 Å². The first-order chi connectivity index (χ1) is 8.99. The number of rotatable bonds is 4. The number of benzene rings is 1. The highest BCUT2D eigenvalue weighted by atomic mass is 16.1. The highest BCUT2D eigenvalue weighted by Gasteiger charge is 2.49. The van der Waals surface area contributed by atoms with E-state index in [4.69, 9.17) is 0 Å². The number of H-pyrrole nitrogens is 1. The molecule has 0 saturated heterocycles. The summed E-state index contributed by atoms with van der Waals surface area (Å²) in [6.45, 7) is 6.51. The summed E-state index contributed by atoms with van der Waals surface area (Å²) < 4.78 is 0. The zero-order chi connectivity index (χ0) is 13.6. The summed E-state index contributed by atoms with van der Waals surface area (Å²) in [5.41, 5.74) is 3.77. The number of nitrogens with one attached hydrogen (secondary N) is 1. The maximum atomic E-state index is 12.2. The third-order valence-corrected chi connectivity index (χ3v) is 4.42. The lowest BCUT2D eigenvalue weighted by atomic mass is 10.0. The Morgan fingerprint density at radius 1 is 1.37 bits per heavy atom. The number of aromatic nitrogens is 1. The lowest BCUT2D eigenvalue weighted by molar-refractivity contribution is -0.120. The largest absolute Gasteiger partial charge is 0.358 e. The first kappa shape index (κ1) is 12.5. The molecule has 1 saturated carbocycles. The third-order valence-electron chi connectivity index (χ3n) is 4.42. The van der Waals surface area contributed by atoms with Gasteiger partial charge in [-0.25, -0.2) is 0 Å². The van der Waals surface area contributed by atoms with Crippen LogP contribution in [0, 0.1) is 11.3 Å². The third kappa shape index (κ3) is 2.32. The fraction of sp³-hybridized carbons (Fsp3) is 0.471. The van der Waals surface area contributed by atoms with Crippen molar-refractivity contribution in [3.8, 4) is 0 Å². The van der Waals surface area contributed by atoms with Gasteiger partial charge >= 0.3 is 0 Å². The summed E-state index contributed by atoms with van der Waals surface area (Å²) in [5, 5.41) is 1.20. The van der Waals surface area contributed by atoms with Gasteiger partial charge in [-0.2, -0.15) is 0 Å². The molecule has 1 aromatic carbocycles. The topological polar surface area (TPSA) is 32.9 Å². The van der Waals surface area contributed by atoms with Crippen LogP contribution < -0.4 is 0 Å². The fourth-order valence-corrected chi connectivity index (χ4v) is 2.88. The molecular formula is C17H21NO. The summed E-state index contributed by atoms with van der Waals surface area (Å²) in [5.74, 6) is 0.650. The maximum Gasteiger partial charge on any atom is 0.142 e. The van der Waals surface area contributed by atoms with E-state index in [0.717, 1.165) is 24.1 Å². The molecule has 1 N–H and O–H groups in total. The van der Waals surface area contributed by atoms with Crippen LogP contribution in [-0.2, 0) is 17.6 Å². The van der Waals surface area contributed by atoms with Crippen LogP contribution in [0.1, 0.15) is 38.4 Å². The molecule has 100 valence electrons. The predicted molar refractivity (Wildman–Crippen MR) is 78.3 cm³/mol. The molecule has 0 bridgehead atoms. The molecule has 1 atom stereocenters. The Bertz CT molecular complexity index is 636. The molecule has 0 amide bonds. The summed E-state index contributed by atoms with van der Waals surface area (Å²) in [6.07, 6.45) is 2.63. The van der Waals surface area contributed by atoms with E-state index in [0.29, 0.717) is 12.2 Å². The van der Waals surface area contributed by atoms with Gasteiger partial charge in [0.25, 0.3) is 0 Å². The van der Waals surface area contributed by atoms with Crippen molar-refractivity contribution in [2.24, 2.45) is 11.3 Å². The van der Waals surface area contributed by atoms with E-state index in [1.54, 1.807) is 0 Å². The minimum atomic E-state index is 0.235. The quantitative estimate of drug-likeness (QED) is 0.883. The first-order valence-corrected chi connectivity index (χ1v) is 7.13. The van der Waals surface area contributed by atoms with Crippen molar-refractivity contribution in [2.45, 2.75) is 40.0 Å². The van der Waals surface area contributed by atoms with Crippen molar-refractivity contribution in [3.05, 3.63) is 35.5 Å². The van der Waals surface area contributed by atoms with Crippen molar-refractivity contribution in [1.82, 2.24) is 4.98 Å². The number of fused-ring (bicyclic) bond motifs is 1. The van der Waals surface area contributed by atoms with Crippen molar-refractivity contribution in [2.75, 3.05) is 0 Å². The van der Waals surface area contributed by atoms with Crippen LogP contribution in [0.5, 0.6) is 0 Å². The molecule has 1 aliphatic rings. The monoisotopic (exact) mass is 255 g/mol. The Morgan fingerprint density at radius 2 is 2.11 bits per heavy atom. The molecular weight excluding hydrogens is 234 g/mol. The van der Waals surface area contributed by atoms with Crippen LogP contribution >= 0.6 is 0 Å². The van der Waals surface area contributed by atoms with Gasteiger partial charge in [-0.15, -0.1) is 0 Å². The van der Waals surface area contributed by atoms with Gasteiger partial charge < -0.3 is 4.98 Å². The van der Waals surface area contributed by atoms with Gasteiger partial charge in [0.15, 0.2) is 0 Å². The summed E-state index contributed by atoms with van der Waals surface area (Å²) in [7, 11) is 0. The smallest absolute Gasteiger partial charge is 0.142 e. The average Bonchev–Trinajstić information content (AvgIpc) is 2.83. The van der Waals surface area contributed by atoms with E-state index in [9.17, 15) is 4.79 Å². The van der Waals surface area contributed by atoms with E-state index in [2.05, 4.69) is 50.0 Å².